The second-order valence-electron chi connectivity index (χ2n) is 6.27. The highest BCUT2D eigenvalue weighted by Crippen LogP contribution is 2.15. The molecule has 0 unspecified atom stereocenters. The molecule has 2 rings (SSSR count). The van der Waals surface area contributed by atoms with Crippen molar-refractivity contribution in [3.8, 4) is 0 Å². The van der Waals surface area contributed by atoms with E-state index in [1.165, 1.54) is 12.1 Å². The number of hydrogen-bond acceptors (Lipinski definition) is 3. The van der Waals surface area contributed by atoms with Crippen LogP contribution in [0.5, 0.6) is 0 Å². The van der Waals surface area contributed by atoms with Gasteiger partial charge in [-0.25, -0.2) is 4.39 Å². The molecule has 2 N–H and O–H groups in total. The van der Waals surface area contributed by atoms with Crippen LogP contribution in [0, 0.1) is 5.82 Å². The maximum atomic E-state index is 12.9. The van der Waals surface area contributed by atoms with Crippen molar-refractivity contribution in [2.75, 3.05) is 25.0 Å². The third kappa shape index (κ3) is 6.83. The summed E-state index contributed by atoms with van der Waals surface area (Å²) in [4.78, 5) is 26.2. The lowest BCUT2D eigenvalue weighted by Crippen LogP contribution is -2.40. The monoisotopic (exact) mass is 371 g/mol. The van der Waals surface area contributed by atoms with Gasteiger partial charge in [-0.1, -0.05) is 44.2 Å². The van der Waals surface area contributed by atoms with Gasteiger partial charge in [-0.05, 0) is 42.3 Å². The summed E-state index contributed by atoms with van der Waals surface area (Å²) in [6.45, 7) is 5.11. The smallest absolute Gasteiger partial charge is 0.238 e. The molecule has 0 spiro atoms. The van der Waals surface area contributed by atoms with Gasteiger partial charge in [-0.2, -0.15) is 0 Å². The highest BCUT2D eigenvalue weighted by atomic mass is 19.1. The minimum atomic E-state index is -0.308. The van der Waals surface area contributed by atoms with E-state index < -0.39 is 0 Å². The van der Waals surface area contributed by atoms with E-state index in [1.807, 2.05) is 38.1 Å². The van der Waals surface area contributed by atoms with Crippen LogP contribution in [0.3, 0.4) is 0 Å². The average molecular weight is 371 g/mol. The average Bonchev–Trinajstić information content (AvgIpc) is 2.67. The minimum Gasteiger partial charge on any atom is -0.351 e. The van der Waals surface area contributed by atoms with E-state index in [0.29, 0.717) is 13.1 Å². The SMILES string of the molecule is CCc1ccccc1NC(=O)CN(CC)CC(=O)NCc1ccc(F)cc1. The Morgan fingerprint density at radius 1 is 0.963 bits per heavy atom. The second-order valence-corrected chi connectivity index (χ2v) is 6.27. The number of likely N-dealkylation sites (N-methyl/N-ethyl adjacent to an activating group) is 1. The Morgan fingerprint density at radius 2 is 1.63 bits per heavy atom. The van der Waals surface area contributed by atoms with Crippen molar-refractivity contribution in [1.82, 2.24) is 10.2 Å². The summed E-state index contributed by atoms with van der Waals surface area (Å²) >= 11 is 0. The van der Waals surface area contributed by atoms with Crippen LogP contribution < -0.4 is 10.6 Å². The number of benzene rings is 2. The van der Waals surface area contributed by atoms with Gasteiger partial charge in [0, 0.05) is 12.2 Å². The summed E-state index contributed by atoms with van der Waals surface area (Å²) in [5, 5.41) is 5.70. The molecule has 0 heterocycles. The Hall–Kier alpha value is -2.73. The number of carbonyl (C=O) groups is 2. The van der Waals surface area contributed by atoms with Crippen LogP contribution in [0.25, 0.3) is 0 Å². The van der Waals surface area contributed by atoms with Crippen LogP contribution in [0.15, 0.2) is 48.5 Å². The molecule has 5 nitrogen and oxygen atoms in total. The first-order valence-electron chi connectivity index (χ1n) is 9.13. The van der Waals surface area contributed by atoms with Crippen LogP contribution in [-0.2, 0) is 22.6 Å². The van der Waals surface area contributed by atoms with Crippen LogP contribution >= 0.6 is 0 Å². The van der Waals surface area contributed by atoms with E-state index in [-0.39, 0.29) is 30.7 Å². The first kappa shape index (κ1) is 20.6. The van der Waals surface area contributed by atoms with Crippen LogP contribution in [0.1, 0.15) is 25.0 Å². The van der Waals surface area contributed by atoms with Gasteiger partial charge >= 0.3 is 0 Å². The molecule has 0 aliphatic rings. The number of para-hydroxylation sites is 1. The van der Waals surface area contributed by atoms with E-state index in [0.717, 1.165) is 23.2 Å². The fraction of sp³-hybridized carbons (Fsp3) is 0.333. The third-order valence-corrected chi connectivity index (χ3v) is 4.26. The van der Waals surface area contributed by atoms with Crippen molar-refractivity contribution < 1.29 is 14.0 Å². The fourth-order valence-electron chi connectivity index (χ4n) is 2.68. The van der Waals surface area contributed by atoms with Gasteiger partial charge in [0.05, 0.1) is 13.1 Å². The van der Waals surface area contributed by atoms with E-state index in [4.69, 9.17) is 0 Å². The molecule has 0 saturated carbocycles. The number of carbonyl (C=O) groups excluding carboxylic acids is 2. The van der Waals surface area contributed by atoms with E-state index in [2.05, 4.69) is 10.6 Å². The quantitative estimate of drug-likeness (QED) is 0.712. The molecule has 0 fully saturated rings. The number of hydrogen-bond donors (Lipinski definition) is 2. The number of nitrogens with one attached hydrogen (secondary N) is 2. The molecule has 144 valence electrons. The van der Waals surface area contributed by atoms with Gasteiger partial charge < -0.3 is 10.6 Å². The number of halogens is 1. The Bertz CT molecular complexity index is 762. The Morgan fingerprint density at radius 3 is 2.30 bits per heavy atom. The zero-order chi connectivity index (χ0) is 19.6. The maximum absolute atomic E-state index is 12.9. The number of amides is 2. The van der Waals surface area contributed by atoms with E-state index >= 15 is 0 Å². The highest BCUT2D eigenvalue weighted by molar-refractivity contribution is 5.93. The maximum Gasteiger partial charge on any atom is 0.238 e. The highest BCUT2D eigenvalue weighted by Gasteiger charge is 2.14. The Kier molecular flexibility index (Phi) is 7.95. The topological polar surface area (TPSA) is 61.4 Å². The molecule has 6 heteroatoms. The van der Waals surface area contributed by atoms with Gasteiger partial charge in [0.25, 0.3) is 0 Å². The van der Waals surface area contributed by atoms with E-state index in [1.54, 1.807) is 17.0 Å². The molecule has 2 amide bonds. The lowest BCUT2D eigenvalue weighted by Gasteiger charge is -2.20. The molecule has 0 bridgehead atoms. The van der Waals surface area contributed by atoms with E-state index in [9.17, 15) is 14.0 Å². The summed E-state index contributed by atoms with van der Waals surface area (Å²) in [5.74, 6) is -0.634. The Balaban J connectivity index is 1.82. The largest absolute Gasteiger partial charge is 0.351 e. The summed E-state index contributed by atoms with van der Waals surface area (Å²) in [6.07, 6.45) is 0.833. The molecule has 0 aromatic heterocycles. The first-order chi connectivity index (χ1) is 13.0. The van der Waals surface area contributed by atoms with Crippen molar-refractivity contribution in [2.24, 2.45) is 0 Å². The summed E-state index contributed by atoms with van der Waals surface area (Å²) in [5.41, 5.74) is 2.70. The van der Waals surface area contributed by atoms with Gasteiger partial charge in [-0.3, -0.25) is 14.5 Å². The molecule has 0 atom stereocenters. The predicted molar refractivity (Wildman–Crippen MR) is 105 cm³/mol. The lowest BCUT2D eigenvalue weighted by molar-refractivity contribution is -0.123. The van der Waals surface area contributed by atoms with Crippen molar-refractivity contribution in [2.45, 2.75) is 26.8 Å². The molecule has 0 aliphatic heterocycles. The van der Waals surface area contributed by atoms with Gasteiger partial charge in [0.1, 0.15) is 5.82 Å². The number of aryl methyl sites for hydroxylation is 1. The molecule has 0 saturated heterocycles. The third-order valence-electron chi connectivity index (χ3n) is 4.26. The number of anilines is 1. The fourth-order valence-corrected chi connectivity index (χ4v) is 2.68. The summed E-state index contributed by atoms with van der Waals surface area (Å²) in [7, 11) is 0. The number of nitrogens with zero attached hydrogens (tertiary/aromatic N) is 1. The van der Waals surface area contributed by atoms with Gasteiger partial charge in [0.15, 0.2) is 0 Å². The molecule has 2 aromatic rings. The molecular formula is C21H26FN3O2. The molecular weight excluding hydrogens is 345 g/mol. The second kappa shape index (κ2) is 10.4. The Labute approximate surface area is 159 Å². The molecule has 27 heavy (non-hydrogen) atoms. The zero-order valence-electron chi connectivity index (χ0n) is 15.8. The van der Waals surface area contributed by atoms with Gasteiger partial charge in [-0.15, -0.1) is 0 Å². The van der Waals surface area contributed by atoms with Crippen molar-refractivity contribution in [3.05, 3.63) is 65.5 Å². The zero-order valence-corrected chi connectivity index (χ0v) is 15.8. The van der Waals surface area contributed by atoms with Crippen molar-refractivity contribution in [3.63, 3.8) is 0 Å². The molecule has 0 aliphatic carbocycles. The van der Waals surface area contributed by atoms with Crippen molar-refractivity contribution in [1.29, 1.82) is 0 Å². The van der Waals surface area contributed by atoms with Crippen LogP contribution in [0.4, 0.5) is 10.1 Å². The predicted octanol–water partition coefficient (Wildman–Crippen LogP) is 2.96. The summed E-state index contributed by atoms with van der Waals surface area (Å²) in [6, 6.07) is 13.7. The molecule has 0 radical (unpaired) electrons. The van der Waals surface area contributed by atoms with Gasteiger partial charge in [0.2, 0.25) is 11.8 Å². The minimum absolute atomic E-state index is 0.126. The van der Waals surface area contributed by atoms with Crippen molar-refractivity contribution >= 4 is 17.5 Å². The number of rotatable bonds is 9. The summed E-state index contributed by atoms with van der Waals surface area (Å²) < 4.78 is 12.9. The van der Waals surface area contributed by atoms with Crippen LogP contribution in [-0.4, -0.2) is 36.3 Å². The lowest BCUT2D eigenvalue weighted by atomic mass is 10.1. The standard InChI is InChI=1S/C21H26FN3O2/c1-3-17-7-5-6-8-19(17)24-21(27)15-25(4-2)14-20(26)23-13-16-9-11-18(22)12-10-16/h5-12H,3-4,13-15H2,1-2H3,(H,23,26)(H,24,27). The molecule has 2 aromatic carbocycles. The first-order valence-corrected chi connectivity index (χ1v) is 9.13. The normalized spacial score (nSPS) is 10.7. The van der Waals surface area contributed by atoms with Crippen LogP contribution in [0.2, 0.25) is 0 Å².